The van der Waals surface area contributed by atoms with Crippen LogP contribution in [0.25, 0.3) is 0 Å². The Bertz CT molecular complexity index is 336. The molecule has 6 heteroatoms. The normalized spacial score (nSPS) is 31.4. The van der Waals surface area contributed by atoms with Gasteiger partial charge in [-0.3, -0.25) is 10.1 Å². The van der Waals surface area contributed by atoms with Crippen LogP contribution in [0.2, 0.25) is 0 Å². The maximum atomic E-state index is 10.8. The Hall–Kier alpha value is -1.40. The van der Waals surface area contributed by atoms with E-state index in [9.17, 15) is 15.2 Å². The fraction of sp³-hybridized carbons (Fsp3) is 0.556. The molecule has 15 heavy (non-hydrogen) atoms. The van der Waals surface area contributed by atoms with E-state index >= 15 is 0 Å². The first-order chi connectivity index (χ1) is 7.18. The Morgan fingerprint density at radius 3 is 3.00 bits per heavy atom. The molecule has 0 saturated carbocycles. The van der Waals surface area contributed by atoms with E-state index in [4.69, 9.17) is 9.15 Å². The summed E-state index contributed by atoms with van der Waals surface area (Å²) in [5.41, 5.74) is 0. The first-order valence-corrected chi connectivity index (χ1v) is 4.65. The van der Waals surface area contributed by atoms with E-state index in [1.54, 1.807) is 12.1 Å². The molecular weight excluding hydrogens is 202 g/mol. The molecule has 0 radical (unpaired) electrons. The van der Waals surface area contributed by atoms with Crippen molar-refractivity contribution in [2.45, 2.75) is 24.7 Å². The zero-order valence-corrected chi connectivity index (χ0v) is 7.91. The van der Waals surface area contributed by atoms with Crippen molar-refractivity contribution >= 4 is 0 Å². The van der Waals surface area contributed by atoms with Gasteiger partial charge in [-0.2, -0.15) is 0 Å². The molecule has 3 unspecified atom stereocenters. The van der Waals surface area contributed by atoms with E-state index in [1.165, 1.54) is 6.26 Å². The largest absolute Gasteiger partial charge is 0.469 e. The van der Waals surface area contributed by atoms with Gasteiger partial charge in [-0.15, -0.1) is 0 Å². The lowest BCUT2D eigenvalue weighted by Gasteiger charge is -2.27. The molecule has 0 aromatic carbocycles. The summed E-state index contributed by atoms with van der Waals surface area (Å²) in [5.74, 6) is 0.109. The lowest BCUT2D eigenvalue weighted by Crippen LogP contribution is -2.40. The summed E-state index contributed by atoms with van der Waals surface area (Å²) in [6.45, 7) is -0.0838. The quantitative estimate of drug-likeness (QED) is 0.578. The first-order valence-electron chi connectivity index (χ1n) is 4.65. The van der Waals surface area contributed by atoms with Crippen molar-refractivity contribution in [2.75, 3.05) is 6.61 Å². The number of nitro groups is 1. The van der Waals surface area contributed by atoms with Gasteiger partial charge in [0.1, 0.15) is 12.4 Å². The van der Waals surface area contributed by atoms with E-state index < -0.39 is 18.2 Å². The summed E-state index contributed by atoms with van der Waals surface area (Å²) in [5, 5.41) is 20.1. The third-order valence-corrected chi connectivity index (χ3v) is 2.56. The summed E-state index contributed by atoms with van der Waals surface area (Å²) in [4.78, 5) is 10.4. The molecule has 2 rings (SSSR count). The van der Waals surface area contributed by atoms with Gasteiger partial charge in [0.15, 0.2) is 6.29 Å². The van der Waals surface area contributed by atoms with Crippen LogP contribution in [0, 0.1) is 10.1 Å². The number of aliphatic hydroxyl groups excluding tert-OH is 1. The Balaban J connectivity index is 2.20. The molecule has 1 aromatic rings. The number of furan rings is 1. The Morgan fingerprint density at radius 1 is 1.60 bits per heavy atom. The van der Waals surface area contributed by atoms with Gasteiger partial charge in [-0.05, 0) is 12.1 Å². The zero-order valence-electron chi connectivity index (χ0n) is 7.91. The minimum atomic E-state index is -0.948. The van der Waals surface area contributed by atoms with E-state index in [2.05, 4.69) is 0 Å². The van der Waals surface area contributed by atoms with Gasteiger partial charge < -0.3 is 14.3 Å². The van der Waals surface area contributed by atoms with Gasteiger partial charge >= 0.3 is 0 Å². The van der Waals surface area contributed by atoms with E-state index in [1.807, 2.05) is 0 Å². The van der Waals surface area contributed by atoms with Gasteiger partial charge in [0.25, 0.3) is 0 Å². The van der Waals surface area contributed by atoms with Crippen molar-refractivity contribution in [3.8, 4) is 0 Å². The van der Waals surface area contributed by atoms with Gasteiger partial charge in [0.05, 0.1) is 12.2 Å². The average molecular weight is 213 g/mol. The van der Waals surface area contributed by atoms with Crippen LogP contribution in [-0.4, -0.2) is 29.0 Å². The molecule has 1 fully saturated rings. The van der Waals surface area contributed by atoms with Crippen LogP contribution in [-0.2, 0) is 4.74 Å². The number of aliphatic hydroxyl groups is 1. The van der Waals surface area contributed by atoms with Crippen LogP contribution >= 0.6 is 0 Å². The monoisotopic (exact) mass is 213 g/mol. The van der Waals surface area contributed by atoms with Crippen molar-refractivity contribution in [3.63, 3.8) is 0 Å². The number of hydrogen-bond acceptors (Lipinski definition) is 5. The number of nitrogens with zero attached hydrogens (tertiary/aromatic N) is 1. The Morgan fingerprint density at radius 2 is 2.40 bits per heavy atom. The average Bonchev–Trinajstić information content (AvgIpc) is 2.69. The smallest absolute Gasteiger partial charge is 0.246 e. The lowest BCUT2D eigenvalue weighted by molar-refractivity contribution is -0.539. The topological polar surface area (TPSA) is 85.7 Å². The standard InChI is InChI=1S/C9H11NO5/c11-9-4-6(8-2-1-3-14-8)7(5-15-9)10(12)13/h1-3,6-7,9,11H,4-5H2. The third-order valence-electron chi connectivity index (χ3n) is 2.56. The highest BCUT2D eigenvalue weighted by atomic mass is 16.6. The summed E-state index contributed by atoms with van der Waals surface area (Å²) >= 11 is 0. The number of hydrogen-bond donors (Lipinski definition) is 1. The summed E-state index contributed by atoms with van der Waals surface area (Å²) < 4.78 is 9.98. The highest BCUT2D eigenvalue weighted by Gasteiger charge is 2.40. The highest BCUT2D eigenvalue weighted by Crippen LogP contribution is 2.31. The van der Waals surface area contributed by atoms with Crippen LogP contribution in [0.3, 0.4) is 0 Å². The molecular formula is C9H11NO5. The van der Waals surface area contributed by atoms with E-state index in [0.717, 1.165) is 0 Å². The van der Waals surface area contributed by atoms with Crippen LogP contribution in [0.1, 0.15) is 18.1 Å². The van der Waals surface area contributed by atoms with Gasteiger partial charge in [-0.25, -0.2) is 0 Å². The fourth-order valence-corrected chi connectivity index (χ4v) is 1.78. The molecule has 0 spiro atoms. The molecule has 2 heterocycles. The van der Waals surface area contributed by atoms with Crippen LogP contribution in [0.4, 0.5) is 0 Å². The van der Waals surface area contributed by atoms with Crippen LogP contribution < -0.4 is 0 Å². The SMILES string of the molecule is O=[N+]([O-])C1COC(O)CC1c1ccco1. The highest BCUT2D eigenvalue weighted by molar-refractivity contribution is 5.08. The van der Waals surface area contributed by atoms with E-state index in [-0.39, 0.29) is 18.0 Å². The summed E-state index contributed by atoms with van der Waals surface area (Å²) in [6.07, 6.45) is 0.712. The van der Waals surface area contributed by atoms with Crippen molar-refractivity contribution in [1.82, 2.24) is 0 Å². The first kappa shape index (κ1) is 10.1. The van der Waals surface area contributed by atoms with Gasteiger partial charge in [0.2, 0.25) is 6.04 Å². The molecule has 1 aliphatic heterocycles. The van der Waals surface area contributed by atoms with Crippen LogP contribution in [0.15, 0.2) is 22.8 Å². The summed E-state index contributed by atoms with van der Waals surface area (Å²) in [6, 6.07) is 2.51. The third kappa shape index (κ3) is 2.00. The molecule has 1 saturated heterocycles. The molecule has 0 amide bonds. The number of rotatable bonds is 2. The molecule has 1 N–H and O–H groups in total. The predicted molar refractivity (Wildman–Crippen MR) is 48.8 cm³/mol. The van der Waals surface area contributed by atoms with Crippen LogP contribution in [0.5, 0.6) is 0 Å². The second-order valence-electron chi connectivity index (χ2n) is 3.50. The molecule has 0 aliphatic carbocycles. The van der Waals surface area contributed by atoms with E-state index in [0.29, 0.717) is 5.76 Å². The van der Waals surface area contributed by atoms with Crippen molar-refractivity contribution in [2.24, 2.45) is 0 Å². The molecule has 3 atom stereocenters. The van der Waals surface area contributed by atoms with Gasteiger partial charge in [0, 0.05) is 11.3 Å². The maximum Gasteiger partial charge on any atom is 0.246 e. The minimum Gasteiger partial charge on any atom is -0.469 e. The Kier molecular flexibility index (Phi) is 2.70. The lowest BCUT2D eigenvalue weighted by atomic mass is 9.92. The molecule has 0 bridgehead atoms. The second kappa shape index (κ2) is 4.00. The minimum absolute atomic E-state index is 0.0838. The Labute approximate surface area is 85.6 Å². The second-order valence-corrected chi connectivity index (χ2v) is 3.50. The summed E-state index contributed by atoms with van der Waals surface area (Å²) in [7, 11) is 0. The van der Waals surface area contributed by atoms with Gasteiger partial charge in [-0.1, -0.05) is 0 Å². The van der Waals surface area contributed by atoms with Crippen molar-refractivity contribution in [1.29, 1.82) is 0 Å². The van der Waals surface area contributed by atoms with Crippen molar-refractivity contribution < 1.29 is 19.2 Å². The fourth-order valence-electron chi connectivity index (χ4n) is 1.78. The number of ether oxygens (including phenoxy) is 1. The molecule has 1 aromatic heterocycles. The molecule has 1 aliphatic rings. The zero-order chi connectivity index (χ0) is 10.8. The molecule has 82 valence electrons. The molecule has 6 nitrogen and oxygen atoms in total. The maximum absolute atomic E-state index is 10.8. The predicted octanol–water partition coefficient (Wildman–Crippen LogP) is 0.747. The van der Waals surface area contributed by atoms with Crippen molar-refractivity contribution in [3.05, 3.63) is 34.3 Å².